The van der Waals surface area contributed by atoms with Crippen LogP contribution >= 0.6 is 0 Å². The highest BCUT2D eigenvalue weighted by atomic mass is 16.6. The van der Waals surface area contributed by atoms with Gasteiger partial charge in [-0.1, -0.05) is 0 Å². The van der Waals surface area contributed by atoms with E-state index in [0.29, 0.717) is 13.0 Å². The van der Waals surface area contributed by atoms with E-state index in [-0.39, 0.29) is 18.7 Å². The van der Waals surface area contributed by atoms with Crippen molar-refractivity contribution in [2.24, 2.45) is 0 Å². The lowest BCUT2D eigenvalue weighted by atomic mass is 10.0. The molecule has 0 aromatic rings. The van der Waals surface area contributed by atoms with Gasteiger partial charge in [0.15, 0.2) is 0 Å². The molecule has 1 unspecified atom stereocenters. The van der Waals surface area contributed by atoms with E-state index in [4.69, 9.17) is 9.47 Å². The molecule has 1 fully saturated rings. The molecule has 1 rings (SSSR count). The zero-order valence-electron chi connectivity index (χ0n) is 14.9. The summed E-state index contributed by atoms with van der Waals surface area (Å²) in [5.41, 5.74) is -1.21. The maximum absolute atomic E-state index is 12.3. The van der Waals surface area contributed by atoms with Gasteiger partial charge in [0.1, 0.15) is 17.0 Å². The van der Waals surface area contributed by atoms with Gasteiger partial charge in [0.25, 0.3) is 0 Å². The topological polar surface area (TPSA) is 84.9 Å². The third-order valence-electron chi connectivity index (χ3n) is 3.04. The highest BCUT2D eigenvalue weighted by molar-refractivity contribution is 5.82. The number of alkyl carbamates (subject to hydrolysis) is 1. The van der Waals surface area contributed by atoms with Gasteiger partial charge in [-0.05, 0) is 41.5 Å². The zero-order chi connectivity index (χ0) is 17.8. The van der Waals surface area contributed by atoms with Gasteiger partial charge in [-0.25, -0.2) is 9.59 Å². The first-order chi connectivity index (χ1) is 10.4. The molecule has 0 saturated carbocycles. The number of ketones is 1. The average molecular weight is 328 g/mol. The van der Waals surface area contributed by atoms with Crippen LogP contribution in [0.5, 0.6) is 0 Å². The van der Waals surface area contributed by atoms with Crippen LogP contribution in [0, 0.1) is 0 Å². The van der Waals surface area contributed by atoms with Gasteiger partial charge in [0.2, 0.25) is 0 Å². The number of likely N-dealkylation sites (tertiary alicyclic amines) is 1. The number of carbonyl (C=O) groups is 3. The molecule has 23 heavy (non-hydrogen) atoms. The Hall–Kier alpha value is -1.79. The highest BCUT2D eigenvalue weighted by Crippen LogP contribution is 2.18. The number of hydrogen-bond donors (Lipinski definition) is 1. The molecule has 0 bridgehead atoms. The molecule has 1 saturated heterocycles. The van der Waals surface area contributed by atoms with E-state index >= 15 is 0 Å². The maximum Gasteiger partial charge on any atom is 0.410 e. The van der Waals surface area contributed by atoms with Crippen LogP contribution in [0.25, 0.3) is 0 Å². The van der Waals surface area contributed by atoms with E-state index in [1.165, 1.54) is 4.90 Å². The molecular formula is C16H28N2O5. The monoisotopic (exact) mass is 328 g/mol. The summed E-state index contributed by atoms with van der Waals surface area (Å²) in [5, 5.41) is 2.61. The predicted molar refractivity (Wildman–Crippen MR) is 85.2 cm³/mol. The lowest BCUT2D eigenvalue weighted by Gasteiger charge is -2.36. The van der Waals surface area contributed by atoms with Crippen LogP contribution in [0.15, 0.2) is 0 Å². The Morgan fingerprint density at radius 3 is 2.22 bits per heavy atom. The minimum absolute atomic E-state index is 0.0702. The summed E-state index contributed by atoms with van der Waals surface area (Å²) in [6.07, 6.45) is -0.530. The van der Waals surface area contributed by atoms with Crippen molar-refractivity contribution < 1.29 is 23.9 Å². The first-order valence-corrected chi connectivity index (χ1v) is 7.85. The number of Topliss-reactive ketones (excluding diaryl/α,β-unsaturated/α-hetero) is 1. The van der Waals surface area contributed by atoms with Crippen molar-refractivity contribution in [2.45, 2.75) is 71.6 Å². The summed E-state index contributed by atoms with van der Waals surface area (Å²) in [6.45, 7) is 11.1. The van der Waals surface area contributed by atoms with E-state index < -0.39 is 29.4 Å². The minimum Gasteiger partial charge on any atom is -0.444 e. The molecule has 0 aromatic heterocycles. The average Bonchev–Trinajstić information content (AvgIpc) is 2.32. The molecule has 0 radical (unpaired) electrons. The second-order valence-corrected chi connectivity index (χ2v) is 7.70. The smallest absolute Gasteiger partial charge is 0.410 e. The summed E-state index contributed by atoms with van der Waals surface area (Å²) in [7, 11) is 0. The molecule has 0 spiro atoms. The summed E-state index contributed by atoms with van der Waals surface area (Å²) >= 11 is 0. The molecule has 1 heterocycles. The van der Waals surface area contributed by atoms with Crippen LogP contribution < -0.4 is 5.32 Å². The normalized spacial score (nSPS) is 19.3. The van der Waals surface area contributed by atoms with Gasteiger partial charge >= 0.3 is 12.2 Å². The van der Waals surface area contributed by atoms with E-state index in [0.717, 1.165) is 0 Å². The Balaban J connectivity index is 2.65. The van der Waals surface area contributed by atoms with Gasteiger partial charge in [-0.3, -0.25) is 4.79 Å². The number of carbonyl (C=O) groups excluding carboxylic acids is 3. The van der Waals surface area contributed by atoms with Gasteiger partial charge in [0, 0.05) is 25.9 Å². The van der Waals surface area contributed by atoms with Gasteiger partial charge in [0.05, 0.1) is 6.04 Å². The quantitative estimate of drug-likeness (QED) is 0.842. The van der Waals surface area contributed by atoms with Gasteiger partial charge in [-0.15, -0.1) is 0 Å². The first-order valence-electron chi connectivity index (χ1n) is 7.85. The Morgan fingerprint density at radius 2 is 1.70 bits per heavy atom. The van der Waals surface area contributed by atoms with Crippen LogP contribution in [0.3, 0.4) is 0 Å². The number of nitrogens with zero attached hydrogens (tertiary/aromatic N) is 1. The summed E-state index contributed by atoms with van der Waals surface area (Å²) in [4.78, 5) is 37.2. The number of piperidine rings is 1. The molecule has 1 N–H and O–H groups in total. The fourth-order valence-electron chi connectivity index (χ4n) is 2.16. The van der Waals surface area contributed by atoms with Crippen LogP contribution in [-0.4, -0.2) is 53.2 Å². The number of amides is 2. The molecule has 1 aliphatic heterocycles. The van der Waals surface area contributed by atoms with Crippen LogP contribution in [-0.2, 0) is 14.3 Å². The molecule has 1 atom stereocenters. The van der Waals surface area contributed by atoms with Crippen LogP contribution in [0.4, 0.5) is 9.59 Å². The second kappa shape index (κ2) is 7.19. The standard InChI is InChI=1S/C16H28N2O5/c1-15(2,3)22-13(20)17-10-11-9-12(19)7-8-18(11)14(21)23-16(4,5)6/h11H,7-10H2,1-6H3,(H,17,20). The molecule has 132 valence electrons. The third kappa shape index (κ3) is 7.34. The molecule has 1 aliphatic rings. The van der Waals surface area contributed by atoms with Crippen molar-refractivity contribution >= 4 is 18.0 Å². The van der Waals surface area contributed by atoms with Crippen molar-refractivity contribution in [1.82, 2.24) is 10.2 Å². The zero-order valence-corrected chi connectivity index (χ0v) is 14.9. The third-order valence-corrected chi connectivity index (χ3v) is 3.04. The Labute approximate surface area is 137 Å². The number of hydrogen-bond acceptors (Lipinski definition) is 5. The van der Waals surface area contributed by atoms with Crippen molar-refractivity contribution in [1.29, 1.82) is 0 Å². The lowest BCUT2D eigenvalue weighted by Crippen LogP contribution is -2.53. The van der Waals surface area contributed by atoms with Crippen molar-refractivity contribution in [3.05, 3.63) is 0 Å². The van der Waals surface area contributed by atoms with Crippen molar-refractivity contribution in [3.63, 3.8) is 0 Å². The number of rotatable bonds is 2. The van der Waals surface area contributed by atoms with E-state index in [1.54, 1.807) is 41.5 Å². The molecule has 7 heteroatoms. The van der Waals surface area contributed by atoms with Crippen LogP contribution in [0.1, 0.15) is 54.4 Å². The molecule has 7 nitrogen and oxygen atoms in total. The maximum atomic E-state index is 12.3. The minimum atomic E-state index is -0.609. The van der Waals surface area contributed by atoms with E-state index in [1.807, 2.05) is 0 Å². The molecular weight excluding hydrogens is 300 g/mol. The van der Waals surface area contributed by atoms with Gasteiger partial charge < -0.3 is 19.7 Å². The van der Waals surface area contributed by atoms with E-state index in [9.17, 15) is 14.4 Å². The summed E-state index contributed by atoms with van der Waals surface area (Å²) in [5.74, 6) is 0.0702. The lowest BCUT2D eigenvalue weighted by molar-refractivity contribution is -0.122. The van der Waals surface area contributed by atoms with Crippen LogP contribution in [0.2, 0.25) is 0 Å². The summed E-state index contributed by atoms with van der Waals surface area (Å²) < 4.78 is 10.5. The Bertz CT molecular complexity index is 462. The number of ether oxygens (including phenoxy) is 2. The SMILES string of the molecule is CC(C)(C)OC(=O)NCC1CC(=O)CCN1C(=O)OC(C)(C)C. The number of nitrogens with one attached hydrogen (secondary N) is 1. The van der Waals surface area contributed by atoms with Crippen molar-refractivity contribution in [3.8, 4) is 0 Å². The van der Waals surface area contributed by atoms with Crippen molar-refractivity contribution in [2.75, 3.05) is 13.1 Å². The molecule has 0 aliphatic carbocycles. The van der Waals surface area contributed by atoms with E-state index in [2.05, 4.69) is 5.32 Å². The fourth-order valence-corrected chi connectivity index (χ4v) is 2.16. The fraction of sp³-hybridized carbons (Fsp3) is 0.812. The summed E-state index contributed by atoms with van der Waals surface area (Å²) in [6, 6.07) is -0.418. The second-order valence-electron chi connectivity index (χ2n) is 7.70. The Morgan fingerprint density at radius 1 is 1.13 bits per heavy atom. The predicted octanol–water partition coefficient (Wildman–Crippen LogP) is 2.48. The Kier molecular flexibility index (Phi) is 6.02. The molecule has 0 aromatic carbocycles. The van der Waals surface area contributed by atoms with Gasteiger partial charge in [-0.2, -0.15) is 0 Å². The molecule has 2 amide bonds. The largest absolute Gasteiger partial charge is 0.444 e. The first kappa shape index (κ1) is 19.3. The highest BCUT2D eigenvalue weighted by Gasteiger charge is 2.33.